The maximum Gasteiger partial charge on any atom is 0.0827 e. The highest BCUT2D eigenvalue weighted by molar-refractivity contribution is 4.98. The van der Waals surface area contributed by atoms with Crippen molar-refractivity contribution in [1.29, 1.82) is 0 Å². The van der Waals surface area contributed by atoms with Crippen molar-refractivity contribution in [3.63, 3.8) is 0 Å². The summed E-state index contributed by atoms with van der Waals surface area (Å²) in [7, 11) is 0. The maximum absolute atomic E-state index is 5.76. The smallest absolute Gasteiger partial charge is 0.0827 e. The summed E-state index contributed by atoms with van der Waals surface area (Å²) in [6, 6.07) is 0.790. The largest absolute Gasteiger partial charge is 0.374 e. The molecule has 0 aromatic rings. The van der Waals surface area contributed by atoms with E-state index in [1.807, 2.05) is 0 Å². The molecule has 1 fully saturated rings. The van der Waals surface area contributed by atoms with Crippen molar-refractivity contribution in [3.8, 4) is 12.3 Å². The highest BCUT2D eigenvalue weighted by Gasteiger charge is 2.22. The summed E-state index contributed by atoms with van der Waals surface area (Å²) in [6.45, 7) is 10.4. The van der Waals surface area contributed by atoms with Gasteiger partial charge in [0.2, 0.25) is 0 Å². The van der Waals surface area contributed by atoms with Crippen LogP contribution in [0.2, 0.25) is 0 Å². The van der Waals surface area contributed by atoms with E-state index < -0.39 is 0 Å². The Morgan fingerprint density at radius 3 is 2.88 bits per heavy atom. The minimum Gasteiger partial charge on any atom is -0.374 e. The molecular formula is C14H26N2O. The Morgan fingerprint density at radius 2 is 2.29 bits per heavy atom. The summed E-state index contributed by atoms with van der Waals surface area (Å²) >= 11 is 0. The number of rotatable bonds is 6. The third-order valence-corrected chi connectivity index (χ3v) is 3.27. The lowest BCUT2D eigenvalue weighted by atomic mass is 10.1. The second kappa shape index (κ2) is 7.71. The fourth-order valence-corrected chi connectivity index (χ4v) is 2.14. The summed E-state index contributed by atoms with van der Waals surface area (Å²) in [5.41, 5.74) is 0. The van der Waals surface area contributed by atoms with E-state index in [-0.39, 0.29) is 12.1 Å². The van der Waals surface area contributed by atoms with Crippen molar-refractivity contribution >= 4 is 0 Å². The van der Waals surface area contributed by atoms with Crippen LogP contribution in [0.25, 0.3) is 0 Å². The first-order valence-corrected chi connectivity index (χ1v) is 6.72. The van der Waals surface area contributed by atoms with E-state index in [1.54, 1.807) is 0 Å². The molecule has 0 bridgehead atoms. The fourth-order valence-electron chi connectivity index (χ4n) is 2.14. The van der Waals surface area contributed by atoms with E-state index in [2.05, 4.69) is 36.9 Å². The van der Waals surface area contributed by atoms with Gasteiger partial charge in [-0.25, -0.2) is 0 Å². The van der Waals surface area contributed by atoms with Crippen LogP contribution in [0.15, 0.2) is 0 Å². The minimum absolute atomic E-state index is 0.193. The molecule has 0 radical (unpaired) electrons. The molecule has 17 heavy (non-hydrogen) atoms. The highest BCUT2D eigenvalue weighted by Crippen LogP contribution is 2.08. The molecule has 3 heteroatoms. The van der Waals surface area contributed by atoms with Crippen molar-refractivity contribution in [2.45, 2.75) is 51.8 Å². The molecule has 0 amide bonds. The van der Waals surface area contributed by atoms with Gasteiger partial charge in [0.05, 0.1) is 18.8 Å². The fraction of sp³-hybridized carbons (Fsp3) is 0.857. The van der Waals surface area contributed by atoms with E-state index in [9.17, 15) is 0 Å². The normalized spacial score (nSPS) is 23.6. The minimum atomic E-state index is 0.193. The average molecular weight is 238 g/mol. The second-order valence-corrected chi connectivity index (χ2v) is 5.00. The number of morpholine rings is 1. The van der Waals surface area contributed by atoms with Gasteiger partial charge in [0.1, 0.15) is 0 Å². The Balaban J connectivity index is 2.29. The van der Waals surface area contributed by atoms with Gasteiger partial charge in [0.15, 0.2) is 0 Å². The summed E-state index contributed by atoms with van der Waals surface area (Å²) in [4.78, 5) is 2.46. The Bertz CT molecular complexity index is 247. The molecule has 1 N–H and O–H groups in total. The van der Waals surface area contributed by atoms with E-state index >= 15 is 0 Å². The van der Waals surface area contributed by atoms with Crippen molar-refractivity contribution < 1.29 is 4.74 Å². The molecule has 1 heterocycles. The van der Waals surface area contributed by atoms with Crippen LogP contribution >= 0.6 is 0 Å². The molecule has 0 aromatic heterocycles. The molecule has 2 atom stereocenters. The van der Waals surface area contributed by atoms with Gasteiger partial charge in [-0.3, -0.25) is 4.90 Å². The van der Waals surface area contributed by atoms with Gasteiger partial charge in [0, 0.05) is 25.7 Å². The molecule has 3 nitrogen and oxygen atoms in total. The molecule has 1 aliphatic rings. The van der Waals surface area contributed by atoms with Crippen LogP contribution in [0.5, 0.6) is 0 Å². The van der Waals surface area contributed by atoms with Crippen molar-refractivity contribution in [2.75, 3.05) is 26.2 Å². The molecule has 0 aliphatic carbocycles. The molecular weight excluding hydrogens is 212 g/mol. The molecule has 1 saturated heterocycles. The Morgan fingerprint density at radius 1 is 1.53 bits per heavy atom. The van der Waals surface area contributed by atoms with Crippen LogP contribution in [0.4, 0.5) is 0 Å². The molecule has 1 aliphatic heterocycles. The third-order valence-electron chi connectivity index (χ3n) is 3.27. The first-order valence-electron chi connectivity index (χ1n) is 6.72. The zero-order chi connectivity index (χ0) is 12.7. The Labute approximate surface area is 106 Å². The lowest BCUT2D eigenvalue weighted by Gasteiger charge is -2.35. The van der Waals surface area contributed by atoms with E-state index in [0.29, 0.717) is 6.04 Å². The van der Waals surface area contributed by atoms with Crippen molar-refractivity contribution in [2.24, 2.45) is 0 Å². The van der Waals surface area contributed by atoms with Crippen LogP contribution in [-0.4, -0.2) is 49.3 Å². The van der Waals surface area contributed by atoms with Gasteiger partial charge in [-0.2, -0.15) is 0 Å². The predicted octanol–water partition coefficient (Wildman–Crippen LogP) is 1.49. The van der Waals surface area contributed by atoms with Crippen molar-refractivity contribution in [1.82, 2.24) is 10.2 Å². The maximum atomic E-state index is 5.76. The van der Waals surface area contributed by atoms with E-state index in [0.717, 1.165) is 39.1 Å². The number of nitrogens with one attached hydrogen (secondary N) is 1. The standard InChI is InChI=1S/C14H26N2O/c1-5-7-13(6-2)15-10-14-11-16(12(3)4)8-9-17-14/h2,12-15H,5,7-11H2,1,3-4H3. The summed E-state index contributed by atoms with van der Waals surface area (Å²) in [5, 5.41) is 3.41. The lowest BCUT2D eigenvalue weighted by molar-refractivity contribution is -0.0376. The predicted molar refractivity (Wildman–Crippen MR) is 72.0 cm³/mol. The zero-order valence-electron chi connectivity index (χ0n) is 11.4. The molecule has 98 valence electrons. The number of ether oxygens (including phenoxy) is 1. The molecule has 2 unspecified atom stereocenters. The average Bonchev–Trinajstić information content (AvgIpc) is 2.34. The van der Waals surface area contributed by atoms with Crippen molar-refractivity contribution in [3.05, 3.63) is 0 Å². The number of hydrogen-bond acceptors (Lipinski definition) is 3. The second-order valence-electron chi connectivity index (χ2n) is 5.00. The van der Waals surface area contributed by atoms with E-state index in [4.69, 9.17) is 11.2 Å². The molecule has 1 rings (SSSR count). The summed E-state index contributed by atoms with van der Waals surface area (Å²) < 4.78 is 5.76. The summed E-state index contributed by atoms with van der Waals surface area (Å²) in [5.74, 6) is 2.80. The van der Waals surface area contributed by atoms with Crippen LogP contribution in [0.3, 0.4) is 0 Å². The summed E-state index contributed by atoms with van der Waals surface area (Å²) in [6.07, 6.45) is 7.92. The SMILES string of the molecule is C#CC(CCC)NCC1CN(C(C)C)CCO1. The lowest BCUT2D eigenvalue weighted by Crippen LogP contribution is -2.50. The molecule has 0 saturated carbocycles. The third kappa shape index (κ3) is 5.08. The van der Waals surface area contributed by atoms with Gasteiger partial charge < -0.3 is 10.1 Å². The number of nitrogens with zero attached hydrogens (tertiary/aromatic N) is 1. The van der Waals surface area contributed by atoms with Gasteiger partial charge in [-0.1, -0.05) is 19.3 Å². The van der Waals surface area contributed by atoms with Gasteiger partial charge >= 0.3 is 0 Å². The van der Waals surface area contributed by atoms with Gasteiger partial charge in [0.25, 0.3) is 0 Å². The Kier molecular flexibility index (Phi) is 6.57. The first kappa shape index (κ1) is 14.5. The van der Waals surface area contributed by atoms with Crippen LogP contribution in [-0.2, 0) is 4.74 Å². The first-order chi connectivity index (χ1) is 8.17. The Hall–Kier alpha value is -0.560. The molecule has 0 spiro atoms. The zero-order valence-corrected chi connectivity index (χ0v) is 11.4. The number of terminal acetylenes is 1. The monoisotopic (exact) mass is 238 g/mol. The van der Waals surface area contributed by atoms with Crippen LogP contribution in [0, 0.1) is 12.3 Å². The highest BCUT2D eigenvalue weighted by atomic mass is 16.5. The van der Waals surface area contributed by atoms with Gasteiger partial charge in [-0.05, 0) is 20.3 Å². The van der Waals surface area contributed by atoms with Crippen LogP contribution in [0.1, 0.15) is 33.6 Å². The van der Waals surface area contributed by atoms with Gasteiger partial charge in [-0.15, -0.1) is 6.42 Å². The van der Waals surface area contributed by atoms with E-state index in [1.165, 1.54) is 0 Å². The van der Waals surface area contributed by atoms with Crippen LogP contribution < -0.4 is 5.32 Å². The number of hydrogen-bond donors (Lipinski definition) is 1. The molecule has 0 aromatic carbocycles. The topological polar surface area (TPSA) is 24.5 Å². The quantitative estimate of drug-likeness (QED) is 0.710.